The summed E-state index contributed by atoms with van der Waals surface area (Å²) in [4.78, 5) is 15.8. The van der Waals surface area contributed by atoms with Crippen LogP contribution in [0.1, 0.15) is 86.7 Å². The highest BCUT2D eigenvalue weighted by Crippen LogP contribution is 2.30. The first kappa shape index (κ1) is 24.4. The van der Waals surface area contributed by atoms with Gasteiger partial charge in [-0.05, 0) is 77.8 Å². The topological polar surface area (TPSA) is 71.2 Å². The second-order valence-electron chi connectivity index (χ2n) is 7.84. The highest BCUT2D eigenvalue weighted by atomic mass is 32.2. The van der Waals surface area contributed by atoms with Crippen molar-refractivity contribution in [2.45, 2.75) is 77.5 Å². The van der Waals surface area contributed by atoms with E-state index >= 15 is 0 Å². The van der Waals surface area contributed by atoms with E-state index in [1.54, 1.807) is 6.92 Å². The minimum Gasteiger partial charge on any atom is -0.461 e. The van der Waals surface area contributed by atoms with Gasteiger partial charge in [-0.3, -0.25) is 0 Å². The van der Waals surface area contributed by atoms with E-state index in [1.807, 2.05) is 39.8 Å². The third-order valence-electron chi connectivity index (χ3n) is 4.55. The lowest BCUT2D eigenvalue weighted by Crippen LogP contribution is -2.36. The van der Waals surface area contributed by atoms with Crippen molar-refractivity contribution in [2.75, 3.05) is 6.61 Å². The predicted octanol–water partition coefficient (Wildman–Crippen LogP) is 5.07. The van der Waals surface area contributed by atoms with Gasteiger partial charge < -0.3 is 9.72 Å². The van der Waals surface area contributed by atoms with Crippen molar-refractivity contribution >= 4 is 17.0 Å². The average molecular weight is 409 g/mol. The van der Waals surface area contributed by atoms with Gasteiger partial charge in [0.25, 0.3) is 0 Å². The lowest BCUT2D eigenvalue weighted by molar-refractivity contribution is 0.0518. The smallest absolute Gasteiger partial charge is 0.355 e. The molecule has 5 nitrogen and oxygen atoms in total. The largest absolute Gasteiger partial charge is 0.461 e. The second-order valence-corrected chi connectivity index (χ2v) is 9.83. The van der Waals surface area contributed by atoms with Crippen LogP contribution in [0.2, 0.25) is 0 Å². The summed E-state index contributed by atoms with van der Waals surface area (Å²) in [7, 11) is -1.23. The third kappa shape index (κ3) is 6.74. The number of aromatic amines is 1. The molecule has 0 saturated carbocycles. The maximum absolute atomic E-state index is 12.8. The lowest BCUT2D eigenvalue weighted by atomic mass is 10.00. The Hall–Kier alpha value is -1.66. The Morgan fingerprint density at radius 1 is 1.29 bits per heavy atom. The third-order valence-corrected chi connectivity index (χ3v) is 6.16. The molecule has 0 spiro atoms. The van der Waals surface area contributed by atoms with Gasteiger partial charge in [-0.15, -0.1) is 13.2 Å². The Morgan fingerprint density at radius 2 is 1.93 bits per heavy atom. The minimum atomic E-state index is -1.23. The van der Waals surface area contributed by atoms with E-state index in [9.17, 15) is 9.00 Å². The Balaban J connectivity index is 3.32. The molecule has 1 heterocycles. The summed E-state index contributed by atoms with van der Waals surface area (Å²) in [5, 5.41) is 0. The zero-order chi connectivity index (χ0) is 21.3. The minimum absolute atomic E-state index is 0.148. The first-order valence-corrected chi connectivity index (χ1v) is 11.1. The number of rotatable bonds is 12. The van der Waals surface area contributed by atoms with Gasteiger partial charge in [-0.2, -0.15) is 0 Å². The number of allylic oxidation sites excluding steroid dienone is 2. The van der Waals surface area contributed by atoms with Crippen LogP contribution in [0.25, 0.3) is 0 Å². The number of H-pyrrole nitrogens is 1. The van der Waals surface area contributed by atoms with Crippen LogP contribution in [0.5, 0.6) is 0 Å². The fourth-order valence-corrected chi connectivity index (χ4v) is 3.82. The summed E-state index contributed by atoms with van der Waals surface area (Å²) in [5.41, 5.74) is 3.37. The van der Waals surface area contributed by atoms with Crippen molar-refractivity contribution in [1.82, 2.24) is 9.71 Å². The van der Waals surface area contributed by atoms with E-state index in [4.69, 9.17) is 4.74 Å². The van der Waals surface area contributed by atoms with Gasteiger partial charge >= 0.3 is 5.97 Å². The molecule has 2 unspecified atom stereocenters. The normalized spacial score (nSPS) is 13.8. The molecular formula is C22H36N2O3S. The Labute approximate surface area is 172 Å². The molecule has 0 aliphatic carbocycles. The molecule has 6 heteroatoms. The number of carbonyl (C=O) groups excluding carboxylic acids is 1. The summed E-state index contributed by atoms with van der Waals surface area (Å²) < 4.78 is 20.9. The quantitative estimate of drug-likeness (QED) is 0.288. The summed E-state index contributed by atoms with van der Waals surface area (Å²) >= 11 is 0. The second kappa shape index (κ2) is 11.4. The maximum Gasteiger partial charge on any atom is 0.355 e. The number of carbonyl (C=O) groups is 1. The molecule has 1 rings (SSSR count). The zero-order valence-corrected chi connectivity index (χ0v) is 18.8. The van der Waals surface area contributed by atoms with Crippen molar-refractivity contribution in [3.8, 4) is 0 Å². The van der Waals surface area contributed by atoms with Gasteiger partial charge in [0.05, 0.1) is 28.4 Å². The van der Waals surface area contributed by atoms with E-state index in [-0.39, 0.29) is 16.8 Å². The van der Waals surface area contributed by atoms with Crippen molar-refractivity contribution in [3.63, 3.8) is 0 Å². The van der Waals surface area contributed by atoms with Gasteiger partial charge in [0.15, 0.2) is 0 Å². The fraction of sp³-hybridized carbons (Fsp3) is 0.591. The number of unbranched alkanes of at least 4 members (excludes halogenated alkanes) is 1. The van der Waals surface area contributed by atoms with Crippen LogP contribution in [-0.2, 0) is 22.1 Å². The van der Waals surface area contributed by atoms with E-state index in [0.29, 0.717) is 18.7 Å². The van der Waals surface area contributed by atoms with Gasteiger partial charge in [0.2, 0.25) is 0 Å². The highest BCUT2D eigenvalue weighted by molar-refractivity contribution is 7.84. The molecule has 2 atom stereocenters. The Bertz CT molecular complexity index is 701. The van der Waals surface area contributed by atoms with Crippen LogP contribution in [0.4, 0.5) is 0 Å². The highest BCUT2D eigenvalue weighted by Gasteiger charge is 2.28. The Kier molecular flexibility index (Phi) is 9.90. The van der Waals surface area contributed by atoms with E-state index in [2.05, 4.69) is 22.9 Å². The summed E-state index contributed by atoms with van der Waals surface area (Å²) in [5.74, 6) is -0.349. The molecule has 158 valence electrons. The van der Waals surface area contributed by atoms with Crippen LogP contribution in [0.3, 0.4) is 0 Å². The standard InChI is InChI=1S/C22H36N2O3S/c1-8-11-13-15-18(24-28(26)22(5,6)7)19-16(4)17(14-12-9-2)20(23-19)21(25)27-10-3/h8-9,18,23-24H,1-2,10-15H2,3-7H3. The monoisotopic (exact) mass is 408 g/mol. The van der Waals surface area contributed by atoms with Crippen LogP contribution < -0.4 is 4.72 Å². The SMILES string of the molecule is C=CCCCC(NS(=O)C(C)(C)C)c1[nH]c(C(=O)OCC)c(CCC=C)c1C. The lowest BCUT2D eigenvalue weighted by Gasteiger charge is -2.24. The number of esters is 1. The van der Waals surface area contributed by atoms with Crippen molar-refractivity contribution in [3.05, 3.63) is 47.8 Å². The molecule has 28 heavy (non-hydrogen) atoms. The van der Waals surface area contributed by atoms with Crippen LogP contribution >= 0.6 is 0 Å². The molecule has 0 saturated heterocycles. The van der Waals surface area contributed by atoms with Gasteiger partial charge in [-0.1, -0.05) is 12.2 Å². The van der Waals surface area contributed by atoms with Crippen LogP contribution in [0.15, 0.2) is 25.3 Å². The van der Waals surface area contributed by atoms with E-state index in [1.165, 1.54) is 0 Å². The molecule has 1 aromatic heterocycles. The molecule has 0 aliphatic heterocycles. The van der Waals surface area contributed by atoms with Crippen molar-refractivity contribution in [1.29, 1.82) is 0 Å². The molecule has 0 aliphatic rings. The van der Waals surface area contributed by atoms with Crippen LogP contribution in [0, 0.1) is 6.92 Å². The Morgan fingerprint density at radius 3 is 2.46 bits per heavy atom. The molecule has 2 N–H and O–H groups in total. The zero-order valence-electron chi connectivity index (χ0n) is 18.0. The maximum atomic E-state index is 12.8. The molecule has 0 radical (unpaired) electrons. The number of ether oxygens (including phenoxy) is 1. The molecule has 0 aromatic carbocycles. The molecule has 0 amide bonds. The number of aromatic nitrogens is 1. The number of hydrogen-bond acceptors (Lipinski definition) is 3. The fourth-order valence-electron chi connectivity index (χ4n) is 2.97. The molecule has 0 fully saturated rings. The molecule has 1 aromatic rings. The van der Waals surface area contributed by atoms with Crippen molar-refractivity contribution in [2.24, 2.45) is 0 Å². The predicted molar refractivity (Wildman–Crippen MR) is 118 cm³/mol. The van der Waals surface area contributed by atoms with Gasteiger partial charge in [0, 0.05) is 5.69 Å². The van der Waals surface area contributed by atoms with Gasteiger partial charge in [0.1, 0.15) is 5.69 Å². The van der Waals surface area contributed by atoms with Gasteiger partial charge in [-0.25, -0.2) is 13.7 Å². The number of hydrogen-bond donors (Lipinski definition) is 2. The number of nitrogens with one attached hydrogen (secondary N) is 2. The first-order valence-electron chi connectivity index (χ1n) is 9.95. The average Bonchev–Trinajstić information content (AvgIpc) is 2.95. The molecular weight excluding hydrogens is 372 g/mol. The summed E-state index contributed by atoms with van der Waals surface area (Å²) in [6.07, 6.45) is 7.80. The van der Waals surface area contributed by atoms with E-state index < -0.39 is 11.0 Å². The van der Waals surface area contributed by atoms with E-state index in [0.717, 1.165) is 42.5 Å². The summed E-state index contributed by atoms with van der Waals surface area (Å²) in [6, 6.07) is -0.148. The van der Waals surface area contributed by atoms with Crippen LogP contribution in [-0.4, -0.2) is 26.5 Å². The molecule has 0 bridgehead atoms. The van der Waals surface area contributed by atoms with Crippen molar-refractivity contribution < 1.29 is 13.7 Å². The first-order chi connectivity index (χ1) is 13.2. The summed E-state index contributed by atoms with van der Waals surface area (Å²) in [6.45, 7) is 17.5.